The number of aliphatic imine (C=N–C) groups is 1. The maximum atomic E-state index is 4.86. The van der Waals surface area contributed by atoms with Crippen LogP contribution in [0, 0.1) is 23.2 Å². The van der Waals surface area contributed by atoms with Gasteiger partial charge in [-0.15, -0.1) is 0 Å². The Labute approximate surface area is 142 Å². The lowest BCUT2D eigenvalue weighted by Gasteiger charge is -2.57. The first-order chi connectivity index (χ1) is 10.9. The monoisotopic (exact) mass is 314 g/mol. The van der Waals surface area contributed by atoms with Gasteiger partial charge in [0.2, 0.25) is 0 Å². The highest BCUT2D eigenvalue weighted by Gasteiger charge is 2.56. The van der Waals surface area contributed by atoms with Gasteiger partial charge in [-0.1, -0.05) is 12.5 Å². The maximum absolute atomic E-state index is 4.86. The fourth-order valence-corrected chi connectivity index (χ4v) is 6.59. The Morgan fingerprint density at radius 3 is 2.70 bits per heavy atom. The van der Waals surface area contributed by atoms with Crippen molar-refractivity contribution in [3.05, 3.63) is 11.6 Å². The van der Waals surface area contributed by atoms with E-state index >= 15 is 0 Å². The average Bonchev–Trinajstić information content (AvgIpc) is 2.89. The normalized spacial score (nSPS) is 48.0. The van der Waals surface area contributed by atoms with E-state index in [1.165, 1.54) is 57.2 Å². The van der Waals surface area contributed by atoms with Crippen molar-refractivity contribution in [2.45, 2.75) is 84.2 Å². The summed E-state index contributed by atoms with van der Waals surface area (Å²) >= 11 is 0. The van der Waals surface area contributed by atoms with Gasteiger partial charge in [0.15, 0.2) is 0 Å². The zero-order chi connectivity index (χ0) is 16.2. The number of nitrogens with one attached hydrogen (secondary N) is 1. The van der Waals surface area contributed by atoms with Crippen molar-refractivity contribution in [2.75, 3.05) is 6.54 Å². The molecule has 2 saturated carbocycles. The van der Waals surface area contributed by atoms with Crippen LogP contribution in [0.3, 0.4) is 0 Å². The minimum Gasteiger partial charge on any atom is -0.311 e. The van der Waals surface area contributed by atoms with Crippen molar-refractivity contribution in [3.8, 4) is 0 Å². The molecular formula is C21H34N2. The van der Waals surface area contributed by atoms with Crippen molar-refractivity contribution >= 4 is 5.71 Å². The molecule has 2 heteroatoms. The third kappa shape index (κ3) is 2.44. The summed E-state index contributed by atoms with van der Waals surface area (Å²) in [7, 11) is 0. The molecule has 0 aromatic heterocycles. The first kappa shape index (κ1) is 15.9. The number of hydrogen-bond donors (Lipinski definition) is 1. The minimum atomic E-state index is 0.433. The largest absolute Gasteiger partial charge is 0.311 e. The Morgan fingerprint density at radius 1 is 1.09 bits per heavy atom. The van der Waals surface area contributed by atoms with E-state index < -0.39 is 0 Å². The van der Waals surface area contributed by atoms with Gasteiger partial charge in [0.1, 0.15) is 0 Å². The summed E-state index contributed by atoms with van der Waals surface area (Å²) in [4.78, 5) is 4.86. The van der Waals surface area contributed by atoms with Gasteiger partial charge in [-0.2, -0.15) is 0 Å². The van der Waals surface area contributed by atoms with Crippen LogP contribution in [-0.2, 0) is 0 Å². The van der Waals surface area contributed by atoms with Crippen LogP contribution in [0.15, 0.2) is 16.6 Å². The van der Waals surface area contributed by atoms with Crippen LogP contribution in [0.1, 0.15) is 72.6 Å². The van der Waals surface area contributed by atoms with E-state index in [0.29, 0.717) is 17.0 Å². The molecule has 0 amide bonds. The average molecular weight is 315 g/mol. The number of rotatable bonds is 1. The molecule has 3 aliphatic carbocycles. The minimum absolute atomic E-state index is 0.433. The summed E-state index contributed by atoms with van der Waals surface area (Å²) in [6, 6.07) is 0.433. The van der Waals surface area contributed by atoms with Crippen LogP contribution in [0.4, 0.5) is 0 Å². The smallest absolute Gasteiger partial charge is 0.0446 e. The van der Waals surface area contributed by atoms with Crippen molar-refractivity contribution in [1.82, 2.24) is 5.32 Å². The summed E-state index contributed by atoms with van der Waals surface area (Å²) in [5.74, 6) is 2.79. The SMILES string of the molecule is CC(C)/N=C1\C=C2CCC3C4CCNC4(C)CCC3C2(C)CC1. The lowest BCUT2D eigenvalue weighted by molar-refractivity contribution is -0.00784. The first-order valence-corrected chi connectivity index (χ1v) is 9.95. The van der Waals surface area contributed by atoms with Crippen molar-refractivity contribution in [2.24, 2.45) is 28.2 Å². The van der Waals surface area contributed by atoms with Crippen LogP contribution in [0.2, 0.25) is 0 Å². The Balaban J connectivity index is 1.63. The second kappa shape index (κ2) is 5.44. The second-order valence-electron chi connectivity index (χ2n) is 9.39. The molecule has 1 heterocycles. The summed E-state index contributed by atoms with van der Waals surface area (Å²) in [5, 5.41) is 3.85. The Hall–Kier alpha value is -0.630. The molecule has 128 valence electrons. The molecule has 0 radical (unpaired) electrons. The molecule has 1 aliphatic heterocycles. The molecule has 1 saturated heterocycles. The highest BCUT2D eigenvalue weighted by Crippen LogP contribution is 2.61. The molecule has 0 spiro atoms. The van der Waals surface area contributed by atoms with E-state index in [4.69, 9.17) is 4.99 Å². The van der Waals surface area contributed by atoms with Crippen LogP contribution in [0.25, 0.3) is 0 Å². The fourth-order valence-electron chi connectivity index (χ4n) is 6.59. The number of fused-ring (bicyclic) bond motifs is 5. The molecule has 4 aliphatic rings. The molecule has 4 rings (SSSR count). The summed E-state index contributed by atoms with van der Waals surface area (Å²) in [5.41, 5.74) is 4.01. The van der Waals surface area contributed by atoms with Gasteiger partial charge in [-0.25, -0.2) is 0 Å². The van der Waals surface area contributed by atoms with E-state index in [2.05, 4.69) is 39.1 Å². The number of nitrogens with zero attached hydrogens (tertiary/aromatic N) is 1. The quantitative estimate of drug-likeness (QED) is 0.742. The van der Waals surface area contributed by atoms with Crippen LogP contribution in [0.5, 0.6) is 0 Å². The third-order valence-corrected chi connectivity index (χ3v) is 7.78. The standard InChI is InChI=1S/C21H34N2/c1-14(2)23-16-7-10-20(3)15(13-16)5-6-17-18(20)8-11-21(4)19(17)9-12-22-21/h13-14,17-19,22H,5-12H2,1-4H3/b23-16-. The topological polar surface area (TPSA) is 24.4 Å². The Bertz CT molecular complexity index is 546. The van der Waals surface area contributed by atoms with Gasteiger partial charge in [0.25, 0.3) is 0 Å². The van der Waals surface area contributed by atoms with Crippen molar-refractivity contribution < 1.29 is 0 Å². The third-order valence-electron chi connectivity index (χ3n) is 7.78. The zero-order valence-corrected chi connectivity index (χ0v) is 15.5. The summed E-state index contributed by atoms with van der Waals surface area (Å²) < 4.78 is 0. The lowest BCUT2D eigenvalue weighted by atomic mass is 9.48. The molecule has 23 heavy (non-hydrogen) atoms. The molecule has 2 nitrogen and oxygen atoms in total. The van der Waals surface area contributed by atoms with E-state index in [1.807, 2.05) is 0 Å². The lowest BCUT2D eigenvalue weighted by Crippen LogP contribution is -2.55. The highest BCUT2D eigenvalue weighted by molar-refractivity contribution is 5.96. The van der Waals surface area contributed by atoms with E-state index in [-0.39, 0.29) is 0 Å². The van der Waals surface area contributed by atoms with Crippen molar-refractivity contribution in [3.63, 3.8) is 0 Å². The molecule has 0 aromatic carbocycles. The van der Waals surface area contributed by atoms with Crippen LogP contribution in [-0.4, -0.2) is 23.8 Å². The van der Waals surface area contributed by atoms with E-state index in [1.54, 1.807) is 5.57 Å². The molecule has 1 N–H and O–H groups in total. The molecule has 0 bridgehead atoms. The van der Waals surface area contributed by atoms with Crippen molar-refractivity contribution in [1.29, 1.82) is 0 Å². The number of hydrogen-bond acceptors (Lipinski definition) is 2. The fraction of sp³-hybridized carbons (Fsp3) is 0.857. The van der Waals surface area contributed by atoms with E-state index in [0.717, 1.165) is 17.8 Å². The van der Waals surface area contributed by atoms with Crippen LogP contribution < -0.4 is 5.32 Å². The molecule has 0 aromatic rings. The number of allylic oxidation sites excluding steroid dienone is 2. The second-order valence-corrected chi connectivity index (χ2v) is 9.39. The van der Waals surface area contributed by atoms with Gasteiger partial charge in [0.05, 0.1) is 0 Å². The van der Waals surface area contributed by atoms with Gasteiger partial charge >= 0.3 is 0 Å². The summed E-state index contributed by atoms with van der Waals surface area (Å²) in [6.45, 7) is 10.7. The van der Waals surface area contributed by atoms with Gasteiger partial charge in [-0.05, 0) is 102 Å². The summed E-state index contributed by atoms with van der Waals surface area (Å²) in [6.07, 6.45) is 12.0. The maximum Gasteiger partial charge on any atom is 0.0446 e. The highest BCUT2D eigenvalue weighted by atomic mass is 15.0. The molecule has 3 fully saturated rings. The van der Waals surface area contributed by atoms with Crippen LogP contribution >= 0.6 is 0 Å². The van der Waals surface area contributed by atoms with Gasteiger partial charge < -0.3 is 5.32 Å². The van der Waals surface area contributed by atoms with Gasteiger partial charge in [-0.3, -0.25) is 4.99 Å². The van der Waals surface area contributed by atoms with Gasteiger partial charge in [0, 0.05) is 17.3 Å². The predicted octanol–water partition coefficient (Wildman–Crippen LogP) is 4.75. The Morgan fingerprint density at radius 2 is 1.91 bits per heavy atom. The molecule has 5 atom stereocenters. The Kier molecular flexibility index (Phi) is 3.75. The molecule has 5 unspecified atom stereocenters. The zero-order valence-electron chi connectivity index (χ0n) is 15.5. The molecular weight excluding hydrogens is 280 g/mol. The predicted molar refractivity (Wildman–Crippen MR) is 98.0 cm³/mol. The first-order valence-electron chi connectivity index (χ1n) is 9.95. The van der Waals surface area contributed by atoms with E-state index in [9.17, 15) is 0 Å².